The summed E-state index contributed by atoms with van der Waals surface area (Å²) < 4.78 is 60.4. The second-order valence-electron chi connectivity index (χ2n) is 9.19. The number of carboxylic acids is 1. The summed E-state index contributed by atoms with van der Waals surface area (Å²) in [4.78, 5) is 12.9. The SMILES string of the molecule is O=C(O)c1ccc(-c2ccc(OCC3CCN(CC4(C(F)(F)F)CCC4)CC3)cc2)c(F)c1. The number of piperidine rings is 1. The Kier molecular flexibility index (Phi) is 6.66. The maximum Gasteiger partial charge on any atom is 0.395 e. The molecular weight excluding hydrogens is 438 g/mol. The smallest absolute Gasteiger partial charge is 0.395 e. The molecule has 0 aromatic heterocycles. The fourth-order valence-electron chi connectivity index (χ4n) is 4.70. The summed E-state index contributed by atoms with van der Waals surface area (Å²) in [7, 11) is 0. The van der Waals surface area contributed by atoms with Gasteiger partial charge in [-0.15, -0.1) is 0 Å². The van der Waals surface area contributed by atoms with Gasteiger partial charge in [0.25, 0.3) is 0 Å². The van der Waals surface area contributed by atoms with Gasteiger partial charge >= 0.3 is 12.1 Å². The molecule has 0 spiro atoms. The van der Waals surface area contributed by atoms with Gasteiger partial charge in [-0.05, 0) is 74.5 Å². The number of benzene rings is 2. The van der Waals surface area contributed by atoms with E-state index >= 15 is 0 Å². The van der Waals surface area contributed by atoms with E-state index in [-0.39, 0.29) is 30.9 Å². The number of carbonyl (C=O) groups is 1. The van der Waals surface area contributed by atoms with Crippen LogP contribution in [0.4, 0.5) is 17.6 Å². The van der Waals surface area contributed by atoms with Crippen LogP contribution in [-0.2, 0) is 0 Å². The maximum atomic E-state index is 14.3. The van der Waals surface area contributed by atoms with Crippen molar-refractivity contribution in [3.8, 4) is 16.9 Å². The molecule has 0 atom stereocenters. The predicted molar refractivity (Wildman–Crippen MR) is 116 cm³/mol. The molecule has 33 heavy (non-hydrogen) atoms. The highest BCUT2D eigenvalue weighted by Gasteiger charge is 2.58. The van der Waals surface area contributed by atoms with Crippen molar-refractivity contribution in [2.45, 2.75) is 38.3 Å². The summed E-state index contributed by atoms with van der Waals surface area (Å²) in [5.41, 5.74) is -0.698. The summed E-state index contributed by atoms with van der Waals surface area (Å²) >= 11 is 0. The highest BCUT2D eigenvalue weighted by Crippen LogP contribution is 2.53. The standard InChI is InChI=1S/C25H27F4NO3/c26-22-14-19(23(31)32)4-7-21(22)18-2-5-20(6-3-18)33-15-17-8-12-30(13-9-17)16-24(10-1-11-24)25(27,28)29/h2-7,14,17H,1,8-13,15-16H2,(H,31,32). The number of alkyl halides is 3. The molecule has 0 amide bonds. The average molecular weight is 465 g/mol. The van der Waals surface area contributed by atoms with Gasteiger partial charge in [-0.3, -0.25) is 0 Å². The van der Waals surface area contributed by atoms with Gasteiger partial charge in [-0.1, -0.05) is 24.6 Å². The normalized spacial score (nSPS) is 19.2. The van der Waals surface area contributed by atoms with Gasteiger partial charge in [0.15, 0.2) is 0 Å². The second kappa shape index (κ2) is 9.33. The third-order valence-corrected chi connectivity index (χ3v) is 7.01. The lowest BCUT2D eigenvalue weighted by Crippen LogP contribution is -2.53. The second-order valence-corrected chi connectivity index (χ2v) is 9.19. The number of hydrogen-bond acceptors (Lipinski definition) is 3. The number of rotatable bonds is 7. The molecule has 2 fully saturated rings. The van der Waals surface area contributed by atoms with Gasteiger partial charge < -0.3 is 14.7 Å². The van der Waals surface area contributed by atoms with E-state index in [9.17, 15) is 22.4 Å². The number of nitrogens with zero attached hydrogens (tertiary/aromatic N) is 1. The Bertz CT molecular complexity index is 978. The fourth-order valence-corrected chi connectivity index (χ4v) is 4.70. The quantitative estimate of drug-likeness (QED) is 0.509. The zero-order chi connectivity index (χ0) is 23.6. The summed E-state index contributed by atoms with van der Waals surface area (Å²) in [5.74, 6) is -0.873. The molecule has 2 aromatic carbocycles. The summed E-state index contributed by atoms with van der Waals surface area (Å²) in [6, 6.07) is 10.7. The molecule has 1 N–H and O–H groups in total. The minimum absolute atomic E-state index is 0.107. The minimum Gasteiger partial charge on any atom is -0.493 e. The monoisotopic (exact) mass is 465 g/mol. The zero-order valence-electron chi connectivity index (χ0n) is 18.2. The first-order valence-corrected chi connectivity index (χ1v) is 11.2. The molecule has 1 heterocycles. The van der Waals surface area contributed by atoms with Crippen LogP contribution in [0.2, 0.25) is 0 Å². The van der Waals surface area contributed by atoms with Gasteiger partial charge in [0, 0.05) is 12.1 Å². The molecule has 4 nitrogen and oxygen atoms in total. The van der Waals surface area contributed by atoms with Crippen LogP contribution in [0.25, 0.3) is 11.1 Å². The number of likely N-dealkylation sites (tertiary alicyclic amines) is 1. The van der Waals surface area contributed by atoms with E-state index in [4.69, 9.17) is 9.84 Å². The van der Waals surface area contributed by atoms with Crippen LogP contribution in [0.1, 0.15) is 42.5 Å². The molecule has 178 valence electrons. The van der Waals surface area contributed by atoms with Gasteiger partial charge in [0.05, 0.1) is 17.6 Å². The van der Waals surface area contributed by atoms with E-state index in [1.165, 1.54) is 12.1 Å². The first-order chi connectivity index (χ1) is 15.7. The van der Waals surface area contributed by atoms with Crippen LogP contribution in [0.5, 0.6) is 5.75 Å². The highest BCUT2D eigenvalue weighted by atomic mass is 19.4. The van der Waals surface area contributed by atoms with Crippen LogP contribution < -0.4 is 4.74 Å². The third kappa shape index (κ3) is 5.16. The van der Waals surface area contributed by atoms with Crippen LogP contribution in [-0.4, -0.2) is 48.4 Å². The van der Waals surface area contributed by atoms with Gasteiger partial charge in [0.2, 0.25) is 0 Å². The van der Waals surface area contributed by atoms with Crippen molar-refractivity contribution < 1.29 is 32.2 Å². The molecule has 8 heteroatoms. The summed E-state index contributed by atoms with van der Waals surface area (Å²) in [5, 5.41) is 8.95. The number of ether oxygens (including phenoxy) is 1. The van der Waals surface area contributed by atoms with Crippen molar-refractivity contribution in [2.75, 3.05) is 26.2 Å². The van der Waals surface area contributed by atoms with E-state index in [2.05, 4.69) is 0 Å². The third-order valence-electron chi connectivity index (χ3n) is 7.01. The number of hydrogen-bond donors (Lipinski definition) is 1. The van der Waals surface area contributed by atoms with Crippen molar-refractivity contribution in [2.24, 2.45) is 11.3 Å². The van der Waals surface area contributed by atoms with E-state index < -0.39 is 23.4 Å². The first-order valence-electron chi connectivity index (χ1n) is 11.2. The fraction of sp³-hybridized carbons (Fsp3) is 0.480. The molecule has 1 aliphatic heterocycles. The molecule has 0 unspecified atom stereocenters. The topological polar surface area (TPSA) is 49.8 Å². The molecule has 4 rings (SSSR count). The van der Waals surface area contributed by atoms with Crippen molar-refractivity contribution in [1.82, 2.24) is 4.90 Å². The molecular formula is C25H27F4NO3. The molecule has 0 bridgehead atoms. The zero-order valence-corrected chi connectivity index (χ0v) is 18.2. The van der Waals surface area contributed by atoms with Gasteiger partial charge in [0.1, 0.15) is 11.6 Å². The molecule has 1 saturated heterocycles. The molecule has 2 aliphatic rings. The lowest BCUT2D eigenvalue weighted by atomic mass is 9.67. The largest absolute Gasteiger partial charge is 0.493 e. The minimum atomic E-state index is -4.13. The van der Waals surface area contributed by atoms with Crippen molar-refractivity contribution in [1.29, 1.82) is 0 Å². The molecule has 2 aromatic rings. The van der Waals surface area contributed by atoms with Crippen molar-refractivity contribution in [3.05, 3.63) is 53.8 Å². The summed E-state index contributed by atoms with van der Waals surface area (Å²) in [6.07, 6.45) is -1.39. The van der Waals surface area contributed by atoms with Gasteiger partial charge in [-0.25, -0.2) is 9.18 Å². The molecule has 0 radical (unpaired) electrons. The van der Waals surface area contributed by atoms with Crippen LogP contribution in [0.3, 0.4) is 0 Å². The Labute approximate surface area is 190 Å². The van der Waals surface area contributed by atoms with E-state index in [0.717, 1.165) is 18.9 Å². The van der Waals surface area contributed by atoms with Crippen LogP contribution in [0.15, 0.2) is 42.5 Å². The Balaban J connectivity index is 1.26. The molecule has 1 aliphatic carbocycles. The van der Waals surface area contributed by atoms with Crippen molar-refractivity contribution >= 4 is 5.97 Å². The lowest BCUT2D eigenvalue weighted by Gasteiger charge is -2.47. The van der Waals surface area contributed by atoms with E-state index in [1.54, 1.807) is 24.3 Å². The average Bonchev–Trinajstić information content (AvgIpc) is 2.75. The van der Waals surface area contributed by atoms with Crippen LogP contribution in [0, 0.1) is 17.2 Å². The van der Waals surface area contributed by atoms with Crippen molar-refractivity contribution in [3.63, 3.8) is 0 Å². The number of aromatic carboxylic acids is 1. The predicted octanol–water partition coefficient (Wildman–Crippen LogP) is 6.01. The highest BCUT2D eigenvalue weighted by molar-refractivity contribution is 5.88. The Morgan fingerprint density at radius 2 is 1.76 bits per heavy atom. The Morgan fingerprint density at radius 1 is 1.09 bits per heavy atom. The number of halogens is 4. The Hall–Kier alpha value is -2.61. The lowest BCUT2D eigenvalue weighted by molar-refractivity contribution is -0.256. The van der Waals surface area contributed by atoms with E-state index in [0.29, 0.717) is 43.0 Å². The first kappa shape index (κ1) is 23.5. The van der Waals surface area contributed by atoms with Crippen LogP contribution >= 0.6 is 0 Å². The number of carboxylic acid groups (broad SMARTS) is 1. The Morgan fingerprint density at radius 3 is 2.27 bits per heavy atom. The van der Waals surface area contributed by atoms with E-state index in [1.807, 2.05) is 4.90 Å². The maximum absolute atomic E-state index is 14.3. The molecule has 1 saturated carbocycles. The van der Waals surface area contributed by atoms with Gasteiger partial charge in [-0.2, -0.15) is 13.2 Å². The summed E-state index contributed by atoms with van der Waals surface area (Å²) in [6.45, 7) is 1.89.